The van der Waals surface area contributed by atoms with Crippen LogP contribution in [0, 0.1) is 12.3 Å². The van der Waals surface area contributed by atoms with Crippen LogP contribution in [-0.2, 0) is 0 Å². The summed E-state index contributed by atoms with van der Waals surface area (Å²) in [6.07, 6.45) is 5.34. The molecule has 1 fully saturated rings. The fourth-order valence-electron chi connectivity index (χ4n) is 2.69. The first kappa shape index (κ1) is 12.9. The smallest absolute Gasteiger partial charge is 0.0487 e. The SMILES string of the molecule is Cc1ccc(NC2CCCCC2(C)C)c(Br)c1. The summed E-state index contributed by atoms with van der Waals surface area (Å²) < 4.78 is 1.18. The second kappa shape index (κ2) is 5.01. The van der Waals surface area contributed by atoms with Gasteiger partial charge in [0.25, 0.3) is 0 Å². The molecule has 1 aliphatic carbocycles. The minimum Gasteiger partial charge on any atom is -0.381 e. The van der Waals surface area contributed by atoms with Crippen LogP contribution in [0.5, 0.6) is 0 Å². The fourth-order valence-corrected chi connectivity index (χ4v) is 3.29. The summed E-state index contributed by atoms with van der Waals surface area (Å²) in [4.78, 5) is 0. The van der Waals surface area contributed by atoms with Crippen LogP contribution in [0.15, 0.2) is 22.7 Å². The number of anilines is 1. The summed E-state index contributed by atoms with van der Waals surface area (Å²) in [5.41, 5.74) is 2.93. The van der Waals surface area contributed by atoms with Gasteiger partial charge in [0.15, 0.2) is 0 Å². The van der Waals surface area contributed by atoms with Crippen LogP contribution in [0.1, 0.15) is 45.1 Å². The molecular formula is C15H22BrN. The van der Waals surface area contributed by atoms with Crippen molar-refractivity contribution in [1.29, 1.82) is 0 Å². The summed E-state index contributed by atoms with van der Waals surface area (Å²) in [7, 11) is 0. The highest BCUT2D eigenvalue weighted by Crippen LogP contribution is 2.38. The minimum absolute atomic E-state index is 0.405. The van der Waals surface area contributed by atoms with Crippen LogP contribution in [0.25, 0.3) is 0 Å². The molecule has 2 rings (SSSR count). The average molecular weight is 296 g/mol. The van der Waals surface area contributed by atoms with Gasteiger partial charge in [-0.2, -0.15) is 0 Å². The Morgan fingerprint density at radius 2 is 2.06 bits per heavy atom. The van der Waals surface area contributed by atoms with Gasteiger partial charge in [-0.3, -0.25) is 0 Å². The molecule has 0 aliphatic heterocycles. The van der Waals surface area contributed by atoms with Crippen LogP contribution >= 0.6 is 15.9 Å². The molecular weight excluding hydrogens is 274 g/mol. The molecule has 1 N–H and O–H groups in total. The maximum atomic E-state index is 3.72. The first-order valence-corrected chi connectivity index (χ1v) is 7.31. The molecule has 94 valence electrons. The van der Waals surface area contributed by atoms with Crippen LogP contribution in [0.4, 0.5) is 5.69 Å². The first-order chi connectivity index (χ1) is 7.99. The lowest BCUT2D eigenvalue weighted by atomic mass is 9.73. The number of halogens is 1. The highest BCUT2D eigenvalue weighted by atomic mass is 79.9. The monoisotopic (exact) mass is 295 g/mol. The van der Waals surface area contributed by atoms with Gasteiger partial charge in [-0.1, -0.05) is 32.8 Å². The van der Waals surface area contributed by atoms with Crippen molar-refractivity contribution >= 4 is 21.6 Å². The van der Waals surface area contributed by atoms with Crippen LogP contribution in [0.2, 0.25) is 0 Å². The van der Waals surface area contributed by atoms with Gasteiger partial charge in [0.2, 0.25) is 0 Å². The molecule has 1 nitrogen and oxygen atoms in total. The maximum absolute atomic E-state index is 3.72. The Labute approximate surface area is 113 Å². The number of nitrogens with one attached hydrogen (secondary N) is 1. The standard InChI is InChI=1S/C15H22BrN/c1-11-7-8-13(12(16)10-11)17-14-6-4-5-9-15(14,2)3/h7-8,10,14,17H,4-6,9H2,1-3H3. The summed E-state index contributed by atoms with van der Waals surface area (Å²) >= 11 is 3.65. The second-order valence-electron chi connectivity index (χ2n) is 5.91. The zero-order valence-electron chi connectivity index (χ0n) is 11.0. The fraction of sp³-hybridized carbons (Fsp3) is 0.600. The molecule has 1 atom stereocenters. The lowest BCUT2D eigenvalue weighted by molar-refractivity contribution is 0.217. The molecule has 1 saturated carbocycles. The third kappa shape index (κ3) is 3.04. The quantitative estimate of drug-likeness (QED) is 0.797. The summed E-state index contributed by atoms with van der Waals surface area (Å²) in [5.74, 6) is 0. The van der Waals surface area contributed by atoms with Crippen molar-refractivity contribution in [2.75, 3.05) is 5.32 Å². The molecule has 1 aromatic carbocycles. The lowest BCUT2D eigenvalue weighted by Gasteiger charge is -2.39. The van der Waals surface area contributed by atoms with E-state index >= 15 is 0 Å². The second-order valence-corrected chi connectivity index (χ2v) is 6.77. The molecule has 1 aliphatic rings. The third-order valence-electron chi connectivity index (χ3n) is 3.96. The Balaban J connectivity index is 2.14. The average Bonchev–Trinajstić information content (AvgIpc) is 2.24. The Morgan fingerprint density at radius 1 is 1.29 bits per heavy atom. The van der Waals surface area contributed by atoms with E-state index in [-0.39, 0.29) is 0 Å². The van der Waals surface area contributed by atoms with Crippen molar-refractivity contribution in [2.24, 2.45) is 5.41 Å². The van der Waals surface area contributed by atoms with Crippen LogP contribution in [-0.4, -0.2) is 6.04 Å². The minimum atomic E-state index is 0.405. The highest BCUT2D eigenvalue weighted by molar-refractivity contribution is 9.10. The molecule has 17 heavy (non-hydrogen) atoms. The van der Waals surface area contributed by atoms with Gasteiger partial charge in [0.05, 0.1) is 0 Å². The lowest BCUT2D eigenvalue weighted by Crippen LogP contribution is -2.38. The molecule has 1 aromatic rings. The molecule has 0 spiro atoms. The van der Waals surface area contributed by atoms with Gasteiger partial charge < -0.3 is 5.32 Å². The van der Waals surface area contributed by atoms with Crippen molar-refractivity contribution in [3.63, 3.8) is 0 Å². The zero-order chi connectivity index (χ0) is 12.5. The zero-order valence-corrected chi connectivity index (χ0v) is 12.6. The Hall–Kier alpha value is -0.500. The normalized spacial score (nSPS) is 23.4. The highest BCUT2D eigenvalue weighted by Gasteiger charge is 2.32. The Kier molecular flexibility index (Phi) is 3.82. The van der Waals surface area contributed by atoms with Gasteiger partial charge in [-0.25, -0.2) is 0 Å². The topological polar surface area (TPSA) is 12.0 Å². The van der Waals surface area contributed by atoms with E-state index < -0.39 is 0 Å². The number of hydrogen-bond acceptors (Lipinski definition) is 1. The Morgan fingerprint density at radius 3 is 2.71 bits per heavy atom. The van der Waals surface area contributed by atoms with Crippen LogP contribution in [0.3, 0.4) is 0 Å². The predicted molar refractivity (Wildman–Crippen MR) is 78.5 cm³/mol. The van der Waals surface area contributed by atoms with Crippen LogP contribution < -0.4 is 5.32 Å². The molecule has 0 radical (unpaired) electrons. The van der Waals surface area contributed by atoms with E-state index in [9.17, 15) is 0 Å². The van der Waals surface area contributed by atoms with Crippen molar-refractivity contribution in [1.82, 2.24) is 0 Å². The van der Waals surface area contributed by atoms with E-state index in [1.165, 1.54) is 41.4 Å². The summed E-state index contributed by atoms with van der Waals surface area (Å²) in [6.45, 7) is 6.89. The molecule has 0 heterocycles. The number of benzene rings is 1. The van der Waals surface area contributed by atoms with Crippen molar-refractivity contribution < 1.29 is 0 Å². The molecule has 0 aromatic heterocycles. The third-order valence-corrected chi connectivity index (χ3v) is 4.62. The number of rotatable bonds is 2. The van der Waals surface area contributed by atoms with Gasteiger partial charge >= 0.3 is 0 Å². The van der Waals surface area contributed by atoms with Gasteiger partial charge in [-0.05, 0) is 58.8 Å². The predicted octanol–water partition coefficient (Wildman–Crippen LogP) is 5.14. The van der Waals surface area contributed by atoms with E-state index in [0.717, 1.165) is 0 Å². The van der Waals surface area contributed by atoms with Crippen molar-refractivity contribution in [2.45, 2.75) is 52.5 Å². The van der Waals surface area contributed by atoms with Gasteiger partial charge in [-0.15, -0.1) is 0 Å². The van der Waals surface area contributed by atoms with E-state index in [0.29, 0.717) is 11.5 Å². The van der Waals surface area contributed by atoms with E-state index in [4.69, 9.17) is 0 Å². The van der Waals surface area contributed by atoms with E-state index in [1.807, 2.05) is 0 Å². The van der Waals surface area contributed by atoms with Gasteiger partial charge in [0.1, 0.15) is 0 Å². The molecule has 2 heteroatoms. The van der Waals surface area contributed by atoms with Crippen molar-refractivity contribution in [3.8, 4) is 0 Å². The number of hydrogen-bond donors (Lipinski definition) is 1. The Bertz CT molecular complexity index is 398. The van der Waals surface area contributed by atoms with Gasteiger partial charge in [0, 0.05) is 16.2 Å². The summed E-state index contributed by atoms with van der Waals surface area (Å²) in [6, 6.07) is 7.13. The van der Waals surface area contributed by atoms with E-state index in [2.05, 4.69) is 60.2 Å². The van der Waals surface area contributed by atoms with E-state index in [1.54, 1.807) is 0 Å². The first-order valence-electron chi connectivity index (χ1n) is 6.52. The van der Waals surface area contributed by atoms with Crippen molar-refractivity contribution in [3.05, 3.63) is 28.2 Å². The number of aryl methyl sites for hydroxylation is 1. The largest absolute Gasteiger partial charge is 0.381 e. The molecule has 1 unspecified atom stereocenters. The molecule has 0 amide bonds. The molecule has 0 saturated heterocycles. The maximum Gasteiger partial charge on any atom is 0.0487 e. The molecule has 0 bridgehead atoms. The summed E-state index contributed by atoms with van der Waals surface area (Å²) in [5, 5.41) is 3.72.